The highest BCUT2D eigenvalue weighted by atomic mass is 15.2. The van der Waals surface area contributed by atoms with Gasteiger partial charge >= 0.3 is 0 Å². The molecule has 0 atom stereocenters. The predicted molar refractivity (Wildman–Crippen MR) is 80.4 cm³/mol. The van der Waals surface area contributed by atoms with E-state index in [1.807, 2.05) is 24.5 Å². The zero-order valence-electron chi connectivity index (χ0n) is 11.8. The Labute approximate surface area is 119 Å². The molecule has 3 rings (SSSR count). The van der Waals surface area contributed by atoms with Gasteiger partial charge in [0.2, 0.25) is 0 Å². The molecule has 0 unspecified atom stereocenters. The summed E-state index contributed by atoms with van der Waals surface area (Å²) < 4.78 is 0. The highest BCUT2D eigenvalue weighted by Crippen LogP contribution is 2.22. The van der Waals surface area contributed by atoms with Gasteiger partial charge in [-0.25, -0.2) is 4.98 Å². The smallest absolute Gasteiger partial charge is 0.133 e. The summed E-state index contributed by atoms with van der Waals surface area (Å²) >= 11 is 0. The Morgan fingerprint density at radius 3 is 2.85 bits per heavy atom. The fraction of sp³-hybridized carbons (Fsp3) is 0.375. The van der Waals surface area contributed by atoms with Crippen molar-refractivity contribution in [3.05, 3.63) is 54.0 Å². The van der Waals surface area contributed by atoms with Crippen LogP contribution in [0, 0.1) is 0 Å². The van der Waals surface area contributed by atoms with Crippen LogP contribution < -0.4 is 10.2 Å². The van der Waals surface area contributed by atoms with Gasteiger partial charge in [-0.2, -0.15) is 0 Å². The summed E-state index contributed by atoms with van der Waals surface area (Å²) in [6.07, 6.45) is 8.18. The fourth-order valence-corrected chi connectivity index (χ4v) is 2.29. The Kier molecular flexibility index (Phi) is 3.92. The van der Waals surface area contributed by atoms with Gasteiger partial charge in [0.25, 0.3) is 0 Å². The summed E-state index contributed by atoms with van der Waals surface area (Å²) in [5.74, 6) is 1.05. The van der Waals surface area contributed by atoms with Crippen LogP contribution in [0.2, 0.25) is 0 Å². The number of anilines is 1. The molecule has 0 amide bonds. The fourth-order valence-electron chi connectivity index (χ4n) is 2.29. The topological polar surface area (TPSA) is 41.1 Å². The molecule has 1 aliphatic rings. The van der Waals surface area contributed by atoms with Gasteiger partial charge in [-0.05, 0) is 30.5 Å². The minimum absolute atomic E-state index is 0.715. The number of nitrogens with one attached hydrogen (secondary N) is 1. The van der Waals surface area contributed by atoms with Crippen LogP contribution in [0.15, 0.2) is 42.9 Å². The number of hydrogen-bond donors (Lipinski definition) is 1. The lowest BCUT2D eigenvalue weighted by molar-refractivity contribution is 0.682. The van der Waals surface area contributed by atoms with Gasteiger partial charge in [0, 0.05) is 50.3 Å². The highest BCUT2D eigenvalue weighted by Gasteiger charge is 2.21. The first-order valence-corrected chi connectivity index (χ1v) is 7.10. The van der Waals surface area contributed by atoms with Gasteiger partial charge in [-0.3, -0.25) is 4.98 Å². The largest absolute Gasteiger partial charge is 0.355 e. The van der Waals surface area contributed by atoms with Gasteiger partial charge < -0.3 is 10.2 Å². The molecule has 2 heterocycles. The molecule has 1 N–H and O–H groups in total. The third kappa shape index (κ3) is 3.33. The van der Waals surface area contributed by atoms with Crippen LogP contribution in [0.1, 0.15) is 24.0 Å². The van der Waals surface area contributed by atoms with Crippen LogP contribution >= 0.6 is 0 Å². The van der Waals surface area contributed by atoms with E-state index in [9.17, 15) is 0 Å². The SMILES string of the molecule is CN(Cc1cccnc1)c1ncccc1CNC1CC1. The number of hydrogen-bond acceptors (Lipinski definition) is 4. The molecule has 0 radical (unpaired) electrons. The molecule has 0 saturated heterocycles. The van der Waals surface area contributed by atoms with Gasteiger partial charge in [-0.15, -0.1) is 0 Å². The van der Waals surface area contributed by atoms with Gasteiger partial charge in [0.15, 0.2) is 0 Å². The third-order valence-corrected chi connectivity index (χ3v) is 3.53. The van der Waals surface area contributed by atoms with Crippen LogP contribution in [-0.4, -0.2) is 23.1 Å². The molecule has 2 aromatic rings. The van der Waals surface area contributed by atoms with Crippen molar-refractivity contribution in [1.29, 1.82) is 0 Å². The van der Waals surface area contributed by atoms with Crippen LogP contribution in [0.3, 0.4) is 0 Å². The molecular formula is C16H20N4. The van der Waals surface area contributed by atoms with E-state index in [2.05, 4.69) is 39.4 Å². The van der Waals surface area contributed by atoms with Crippen molar-refractivity contribution in [1.82, 2.24) is 15.3 Å². The molecule has 1 fully saturated rings. The molecule has 0 aromatic carbocycles. The maximum atomic E-state index is 4.54. The number of aromatic nitrogens is 2. The van der Waals surface area contributed by atoms with E-state index in [0.717, 1.165) is 18.9 Å². The van der Waals surface area contributed by atoms with E-state index < -0.39 is 0 Å². The Bertz CT molecular complexity index is 551. The van der Waals surface area contributed by atoms with Crippen LogP contribution in [-0.2, 0) is 13.1 Å². The van der Waals surface area contributed by atoms with Crippen LogP contribution in [0.25, 0.3) is 0 Å². The van der Waals surface area contributed by atoms with E-state index in [0.29, 0.717) is 6.04 Å². The van der Waals surface area contributed by atoms with Crippen molar-refractivity contribution in [2.45, 2.75) is 32.0 Å². The first-order valence-electron chi connectivity index (χ1n) is 7.10. The summed E-state index contributed by atoms with van der Waals surface area (Å²) in [4.78, 5) is 10.9. The molecule has 0 spiro atoms. The first kappa shape index (κ1) is 13.1. The Hall–Kier alpha value is -1.94. The van der Waals surface area contributed by atoms with Gasteiger partial charge in [-0.1, -0.05) is 12.1 Å². The normalized spacial score (nSPS) is 14.2. The lowest BCUT2D eigenvalue weighted by Gasteiger charge is -2.21. The lowest BCUT2D eigenvalue weighted by Crippen LogP contribution is -2.22. The second kappa shape index (κ2) is 6.01. The summed E-state index contributed by atoms with van der Waals surface area (Å²) in [6, 6.07) is 8.93. The van der Waals surface area contributed by atoms with E-state index in [-0.39, 0.29) is 0 Å². The molecule has 4 heteroatoms. The molecular weight excluding hydrogens is 248 g/mol. The lowest BCUT2D eigenvalue weighted by atomic mass is 10.2. The molecule has 2 aromatic heterocycles. The van der Waals surface area contributed by atoms with Gasteiger partial charge in [0.1, 0.15) is 5.82 Å². The van der Waals surface area contributed by atoms with Crippen molar-refractivity contribution in [3.8, 4) is 0 Å². The predicted octanol–water partition coefficient (Wildman–Crippen LogP) is 2.37. The average molecular weight is 268 g/mol. The highest BCUT2D eigenvalue weighted by molar-refractivity contribution is 5.46. The minimum Gasteiger partial charge on any atom is -0.355 e. The zero-order valence-corrected chi connectivity index (χ0v) is 11.8. The zero-order chi connectivity index (χ0) is 13.8. The average Bonchev–Trinajstić information content (AvgIpc) is 3.31. The van der Waals surface area contributed by atoms with Crippen molar-refractivity contribution in [2.75, 3.05) is 11.9 Å². The van der Waals surface area contributed by atoms with Gasteiger partial charge in [0.05, 0.1) is 0 Å². The Balaban J connectivity index is 1.71. The summed E-state index contributed by atoms with van der Waals surface area (Å²) in [7, 11) is 2.08. The van der Waals surface area contributed by atoms with E-state index in [1.165, 1.54) is 24.0 Å². The summed E-state index contributed by atoms with van der Waals surface area (Å²) in [5, 5.41) is 3.55. The molecule has 1 aliphatic carbocycles. The summed E-state index contributed by atoms with van der Waals surface area (Å²) in [5.41, 5.74) is 2.45. The molecule has 4 nitrogen and oxygen atoms in total. The van der Waals surface area contributed by atoms with E-state index >= 15 is 0 Å². The van der Waals surface area contributed by atoms with Crippen LogP contribution in [0.5, 0.6) is 0 Å². The van der Waals surface area contributed by atoms with E-state index in [1.54, 1.807) is 6.20 Å². The monoisotopic (exact) mass is 268 g/mol. The minimum atomic E-state index is 0.715. The van der Waals surface area contributed by atoms with Crippen molar-refractivity contribution in [2.24, 2.45) is 0 Å². The van der Waals surface area contributed by atoms with Crippen LogP contribution in [0.4, 0.5) is 5.82 Å². The summed E-state index contributed by atoms with van der Waals surface area (Å²) in [6.45, 7) is 1.71. The quantitative estimate of drug-likeness (QED) is 0.873. The second-order valence-electron chi connectivity index (χ2n) is 5.36. The Morgan fingerprint density at radius 1 is 1.25 bits per heavy atom. The molecule has 0 aliphatic heterocycles. The molecule has 20 heavy (non-hydrogen) atoms. The standard InChI is InChI=1S/C16H20N4/c1-20(12-13-4-2-8-17-10-13)16-14(5-3-9-18-16)11-19-15-6-7-15/h2-5,8-10,15,19H,6-7,11-12H2,1H3. The number of rotatable bonds is 6. The van der Waals surface area contributed by atoms with Crippen molar-refractivity contribution >= 4 is 5.82 Å². The first-order chi connectivity index (χ1) is 9.83. The second-order valence-corrected chi connectivity index (χ2v) is 5.36. The molecule has 1 saturated carbocycles. The molecule has 0 bridgehead atoms. The van der Waals surface area contributed by atoms with Crippen molar-refractivity contribution < 1.29 is 0 Å². The maximum Gasteiger partial charge on any atom is 0.133 e. The number of pyridine rings is 2. The van der Waals surface area contributed by atoms with E-state index in [4.69, 9.17) is 0 Å². The third-order valence-electron chi connectivity index (χ3n) is 3.53. The maximum absolute atomic E-state index is 4.54. The molecule has 104 valence electrons. The Morgan fingerprint density at radius 2 is 2.10 bits per heavy atom. The number of nitrogens with zero attached hydrogens (tertiary/aromatic N) is 3. The van der Waals surface area contributed by atoms with Crippen molar-refractivity contribution in [3.63, 3.8) is 0 Å².